The van der Waals surface area contributed by atoms with Gasteiger partial charge in [-0.2, -0.15) is 0 Å². The van der Waals surface area contributed by atoms with E-state index in [4.69, 9.17) is 5.73 Å². The van der Waals surface area contributed by atoms with Crippen molar-refractivity contribution in [1.29, 1.82) is 0 Å². The molecular weight excluding hydrogens is 326 g/mol. The molecule has 2 atom stereocenters. The van der Waals surface area contributed by atoms with Crippen molar-refractivity contribution < 1.29 is 9.59 Å². The molecule has 0 aromatic heterocycles. The van der Waals surface area contributed by atoms with Gasteiger partial charge in [-0.25, -0.2) is 0 Å². The van der Waals surface area contributed by atoms with Crippen LogP contribution in [0.25, 0.3) is 0 Å². The Bertz CT molecular complexity index is 580. The van der Waals surface area contributed by atoms with Gasteiger partial charge >= 0.3 is 0 Å². The molecule has 1 fully saturated rings. The van der Waals surface area contributed by atoms with Crippen molar-refractivity contribution in [2.45, 2.75) is 64.5 Å². The van der Waals surface area contributed by atoms with Gasteiger partial charge in [0.05, 0.1) is 12.0 Å². The zero-order chi connectivity index (χ0) is 19.1. The van der Waals surface area contributed by atoms with E-state index in [1.54, 1.807) is 0 Å². The zero-order valence-electron chi connectivity index (χ0n) is 16.3. The second-order valence-electron chi connectivity index (χ2n) is 7.72. The van der Waals surface area contributed by atoms with E-state index in [1.807, 2.05) is 35.2 Å². The number of rotatable bonds is 7. The maximum absolute atomic E-state index is 12.9. The van der Waals surface area contributed by atoms with E-state index in [0.717, 1.165) is 24.8 Å². The summed E-state index contributed by atoms with van der Waals surface area (Å²) in [6.07, 6.45) is 3.07. The minimum Gasteiger partial charge on any atom is -0.352 e. The molecule has 1 unspecified atom stereocenters. The van der Waals surface area contributed by atoms with Gasteiger partial charge in [-0.05, 0) is 37.2 Å². The molecule has 1 aromatic rings. The Balaban J connectivity index is 1.85. The number of amides is 2. The van der Waals surface area contributed by atoms with Crippen LogP contribution in [0.2, 0.25) is 0 Å². The average molecular weight is 360 g/mol. The predicted octanol–water partition coefficient (Wildman–Crippen LogP) is 2.66. The average Bonchev–Trinajstić information content (AvgIpc) is 2.63. The highest BCUT2D eigenvalue weighted by atomic mass is 16.2. The predicted molar refractivity (Wildman–Crippen MR) is 105 cm³/mol. The highest BCUT2D eigenvalue weighted by Gasteiger charge is 2.29. The lowest BCUT2D eigenvalue weighted by molar-refractivity contribution is -0.134. The van der Waals surface area contributed by atoms with Crippen molar-refractivity contribution >= 4 is 11.8 Å². The van der Waals surface area contributed by atoms with Gasteiger partial charge in [-0.3, -0.25) is 9.59 Å². The molecule has 26 heavy (non-hydrogen) atoms. The largest absolute Gasteiger partial charge is 0.352 e. The number of nitrogens with two attached hydrogens (primary N) is 1. The minimum absolute atomic E-state index is 0.0702. The van der Waals surface area contributed by atoms with E-state index in [0.29, 0.717) is 25.4 Å². The molecule has 1 aliphatic heterocycles. The van der Waals surface area contributed by atoms with Gasteiger partial charge in [0.1, 0.15) is 0 Å². The summed E-state index contributed by atoms with van der Waals surface area (Å²) < 4.78 is 0. The standard InChI is InChI=1S/C21H33N3O2/c1-4-18(16-8-6-5-7-9-16)21(26)24-12-10-17(11-13-24)23-20(25)19(22)14-15(2)3/h5-9,15,17-19H,4,10-14,22H2,1-3H3,(H,23,25)/t18?,19-/m0/s1. The summed E-state index contributed by atoms with van der Waals surface area (Å²) >= 11 is 0. The third-order valence-corrected chi connectivity index (χ3v) is 5.12. The molecule has 0 spiro atoms. The lowest BCUT2D eigenvalue weighted by atomic mass is 9.93. The monoisotopic (exact) mass is 359 g/mol. The van der Waals surface area contributed by atoms with Crippen LogP contribution in [0.5, 0.6) is 0 Å². The molecule has 0 aliphatic carbocycles. The fourth-order valence-corrected chi connectivity index (χ4v) is 3.63. The van der Waals surface area contributed by atoms with Crippen LogP contribution in [-0.4, -0.2) is 41.9 Å². The first-order valence-electron chi connectivity index (χ1n) is 9.82. The van der Waals surface area contributed by atoms with E-state index < -0.39 is 6.04 Å². The molecule has 144 valence electrons. The van der Waals surface area contributed by atoms with Crippen molar-refractivity contribution in [1.82, 2.24) is 10.2 Å². The fourth-order valence-electron chi connectivity index (χ4n) is 3.63. The van der Waals surface area contributed by atoms with Gasteiger partial charge in [0, 0.05) is 19.1 Å². The molecule has 2 amide bonds. The smallest absolute Gasteiger partial charge is 0.237 e. The first kappa shape index (κ1) is 20.4. The normalized spacial score (nSPS) is 17.8. The van der Waals surface area contributed by atoms with Crippen molar-refractivity contribution in [2.75, 3.05) is 13.1 Å². The lowest BCUT2D eigenvalue weighted by Gasteiger charge is -2.35. The summed E-state index contributed by atoms with van der Waals surface area (Å²) in [6.45, 7) is 7.56. The molecule has 2 rings (SSSR count). The molecule has 5 nitrogen and oxygen atoms in total. The quantitative estimate of drug-likeness (QED) is 0.786. The summed E-state index contributed by atoms with van der Waals surface area (Å²) in [5.74, 6) is 0.445. The number of nitrogens with zero attached hydrogens (tertiary/aromatic N) is 1. The van der Waals surface area contributed by atoms with Crippen LogP contribution >= 0.6 is 0 Å². The fraction of sp³-hybridized carbons (Fsp3) is 0.619. The van der Waals surface area contributed by atoms with Gasteiger partial charge < -0.3 is 16.0 Å². The number of likely N-dealkylation sites (tertiary alicyclic amines) is 1. The minimum atomic E-state index is -0.447. The highest BCUT2D eigenvalue weighted by Crippen LogP contribution is 2.24. The molecular formula is C21H33N3O2. The summed E-state index contributed by atoms with van der Waals surface area (Å²) in [7, 11) is 0. The van der Waals surface area contributed by atoms with E-state index in [2.05, 4.69) is 26.1 Å². The highest BCUT2D eigenvalue weighted by molar-refractivity contribution is 5.84. The molecule has 5 heteroatoms. The number of hydrogen-bond donors (Lipinski definition) is 2. The van der Waals surface area contributed by atoms with Gasteiger partial charge in [0.2, 0.25) is 11.8 Å². The second-order valence-corrected chi connectivity index (χ2v) is 7.72. The Morgan fingerprint density at radius 3 is 2.35 bits per heavy atom. The van der Waals surface area contributed by atoms with Crippen molar-refractivity contribution in [2.24, 2.45) is 11.7 Å². The van der Waals surface area contributed by atoms with Crippen LogP contribution in [0.4, 0.5) is 0 Å². The van der Waals surface area contributed by atoms with Gasteiger partial charge in [-0.15, -0.1) is 0 Å². The Labute approximate surface area is 157 Å². The van der Waals surface area contributed by atoms with Crippen LogP contribution in [0.1, 0.15) is 57.9 Å². The maximum atomic E-state index is 12.9. The van der Waals surface area contributed by atoms with Crippen LogP contribution in [0.3, 0.4) is 0 Å². The third kappa shape index (κ3) is 5.56. The summed E-state index contributed by atoms with van der Waals surface area (Å²) in [5.41, 5.74) is 7.04. The first-order valence-corrected chi connectivity index (χ1v) is 9.82. The molecule has 3 N–H and O–H groups in total. The van der Waals surface area contributed by atoms with Crippen LogP contribution in [-0.2, 0) is 9.59 Å². The number of piperidine rings is 1. The maximum Gasteiger partial charge on any atom is 0.237 e. The number of benzene rings is 1. The molecule has 0 saturated carbocycles. The van der Waals surface area contributed by atoms with E-state index in [9.17, 15) is 9.59 Å². The first-order chi connectivity index (χ1) is 12.4. The summed E-state index contributed by atoms with van der Waals surface area (Å²) in [4.78, 5) is 27.0. The second kappa shape index (κ2) is 9.72. The van der Waals surface area contributed by atoms with Gasteiger partial charge in [0.25, 0.3) is 0 Å². The van der Waals surface area contributed by atoms with E-state index in [1.165, 1.54) is 0 Å². The number of carbonyl (C=O) groups is 2. The summed E-state index contributed by atoms with van der Waals surface area (Å²) in [5, 5.41) is 3.06. The Morgan fingerprint density at radius 1 is 1.19 bits per heavy atom. The lowest BCUT2D eigenvalue weighted by Crippen LogP contribution is -2.51. The topological polar surface area (TPSA) is 75.4 Å². The molecule has 1 heterocycles. The molecule has 0 radical (unpaired) electrons. The van der Waals surface area contributed by atoms with E-state index >= 15 is 0 Å². The van der Waals surface area contributed by atoms with E-state index in [-0.39, 0.29) is 23.8 Å². The van der Waals surface area contributed by atoms with Crippen molar-refractivity contribution in [3.63, 3.8) is 0 Å². The van der Waals surface area contributed by atoms with Crippen LogP contribution in [0, 0.1) is 5.92 Å². The Kier molecular flexibility index (Phi) is 7.64. The Morgan fingerprint density at radius 2 is 1.81 bits per heavy atom. The Hall–Kier alpha value is -1.88. The number of carbonyl (C=O) groups excluding carboxylic acids is 2. The molecule has 1 saturated heterocycles. The van der Waals surface area contributed by atoms with Gasteiger partial charge in [0.15, 0.2) is 0 Å². The SMILES string of the molecule is CCC(C(=O)N1CCC(NC(=O)[C@@H](N)CC(C)C)CC1)c1ccccc1. The van der Waals surface area contributed by atoms with Gasteiger partial charge in [-0.1, -0.05) is 51.1 Å². The zero-order valence-corrected chi connectivity index (χ0v) is 16.3. The third-order valence-electron chi connectivity index (χ3n) is 5.12. The van der Waals surface area contributed by atoms with Crippen LogP contribution in [0.15, 0.2) is 30.3 Å². The molecule has 1 aliphatic rings. The number of nitrogens with one attached hydrogen (secondary N) is 1. The van der Waals surface area contributed by atoms with Crippen molar-refractivity contribution in [3.05, 3.63) is 35.9 Å². The molecule has 0 bridgehead atoms. The van der Waals surface area contributed by atoms with Crippen molar-refractivity contribution in [3.8, 4) is 0 Å². The molecule has 1 aromatic carbocycles. The number of hydrogen-bond acceptors (Lipinski definition) is 3. The summed E-state index contributed by atoms with van der Waals surface area (Å²) in [6, 6.07) is 9.64. The van der Waals surface area contributed by atoms with Crippen LogP contribution < -0.4 is 11.1 Å².